The van der Waals surface area contributed by atoms with Crippen molar-refractivity contribution in [3.63, 3.8) is 0 Å². The molecule has 0 amide bonds. The predicted molar refractivity (Wildman–Crippen MR) is 49.0 cm³/mol. The van der Waals surface area contributed by atoms with Gasteiger partial charge in [-0.3, -0.25) is 0 Å². The molecule has 1 rings (SSSR count). The molecule has 1 N–H and O–H groups in total. The van der Waals surface area contributed by atoms with E-state index in [1.165, 1.54) is 10.0 Å². The molecule has 0 saturated carbocycles. The van der Waals surface area contributed by atoms with E-state index in [1.807, 2.05) is 31.2 Å². The van der Waals surface area contributed by atoms with E-state index in [1.54, 1.807) is 0 Å². The molecule has 0 radical (unpaired) electrons. The van der Waals surface area contributed by atoms with Gasteiger partial charge in [0.15, 0.2) is 0 Å². The van der Waals surface area contributed by atoms with Crippen LogP contribution in [0.2, 0.25) is 5.32 Å². The Bertz CT molecular complexity index is 284. The Morgan fingerprint density at radius 2 is 2.17 bits per heavy atom. The molecular weight excluding hydrogens is 219 g/mol. The fourth-order valence-corrected chi connectivity index (χ4v) is 2.43. The Hall–Kier alpha value is -0.791. The van der Waals surface area contributed by atoms with Gasteiger partial charge in [-0.2, -0.15) is 0 Å². The van der Waals surface area contributed by atoms with E-state index in [4.69, 9.17) is 5.11 Å². The minimum atomic E-state index is -0.710. The predicted octanol–water partition coefficient (Wildman–Crippen LogP) is 0.827. The number of aryl methyl sites for hydroxylation is 1. The van der Waals surface area contributed by atoms with Crippen molar-refractivity contribution in [1.29, 1.82) is 0 Å². The molecule has 2 nitrogen and oxygen atoms in total. The van der Waals surface area contributed by atoms with Crippen LogP contribution in [0.3, 0.4) is 0 Å². The molecule has 12 heavy (non-hydrogen) atoms. The summed E-state index contributed by atoms with van der Waals surface area (Å²) in [6.07, 6.45) is 0. The Balaban J connectivity index is 2.63. The van der Waals surface area contributed by atoms with E-state index in [-0.39, 0.29) is 20.3 Å². The third kappa shape index (κ3) is 2.68. The number of hydrogen-bond acceptors (Lipinski definition) is 1. The van der Waals surface area contributed by atoms with Crippen molar-refractivity contribution >= 4 is 25.4 Å². The minimum absolute atomic E-state index is 0.0805. The summed E-state index contributed by atoms with van der Waals surface area (Å²) < 4.78 is 1.19. The van der Waals surface area contributed by atoms with Gasteiger partial charge < -0.3 is 0 Å². The molecule has 0 aliphatic heterocycles. The summed E-state index contributed by atoms with van der Waals surface area (Å²) in [5.41, 5.74) is 1.19. The fourth-order valence-electron chi connectivity index (χ4n) is 0.858. The van der Waals surface area contributed by atoms with Crippen LogP contribution in [0.1, 0.15) is 5.56 Å². The standard InChI is InChI=1S/C9H10O2Se/c1-7-4-2-3-5-8(7)12-6-9(10)11/h2-5H,6H2,1H3,(H,10,11). The van der Waals surface area contributed by atoms with Crippen LogP contribution in [0.25, 0.3) is 0 Å². The summed E-state index contributed by atoms with van der Waals surface area (Å²) in [6.45, 7) is 2.01. The molecular formula is C9H10O2Se. The molecule has 0 aromatic heterocycles. The average Bonchev–Trinajstić information content (AvgIpc) is 2.03. The van der Waals surface area contributed by atoms with Gasteiger partial charge in [0.2, 0.25) is 0 Å². The van der Waals surface area contributed by atoms with E-state index < -0.39 is 5.97 Å². The van der Waals surface area contributed by atoms with Gasteiger partial charge >= 0.3 is 77.4 Å². The summed E-state index contributed by atoms with van der Waals surface area (Å²) >= 11 is 0.0805. The molecule has 1 aromatic carbocycles. The number of aliphatic carboxylic acids is 1. The summed E-state index contributed by atoms with van der Waals surface area (Å²) in [7, 11) is 0. The van der Waals surface area contributed by atoms with Crippen molar-refractivity contribution < 1.29 is 9.90 Å². The van der Waals surface area contributed by atoms with Crippen LogP contribution < -0.4 is 4.46 Å². The van der Waals surface area contributed by atoms with Crippen LogP contribution in [0.15, 0.2) is 24.3 Å². The fraction of sp³-hybridized carbons (Fsp3) is 0.222. The van der Waals surface area contributed by atoms with E-state index in [0.717, 1.165) is 0 Å². The molecule has 0 saturated heterocycles. The van der Waals surface area contributed by atoms with Gasteiger partial charge in [0.05, 0.1) is 0 Å². The number of benzene rings is 1. The molecule has 3 heteroatoms. The van der Waals surface area contributed by atoms with Gasteiger partial charge in [-0.05, 0) is 0 Å². The number of carbonyl (C=O) groups is 1. The average molecular weight is 229 g/mol. The summed E-state index contributed by atoms with van der Waals surface area (Å²) in [6, 6.07) is 7.93. The zero-order valence-electron chi connectivity index (χ0n) is 6.78. The van der Waals surface area contributed by atoms with E-state index in [0.29, 0.717) is 0 Å². The van der Waals surface area contributed by atoms with Crippen molar-refractivity contribution in [2.45, 2.75) is 12.2 Å². The second-order valence-corrected chi connectivity index (χ2v) is 4.58. The SMILES string of the molecule is Cc1ccccc1[Se]CC(=O)O. The molecule has 0 fully saturated rings. The zero-order chi connectivity index (χ0) is 8.97. The van der Waals surface area contributed by atoms with Crippen molar-refractivity contribution in [1.82, 2.24) is 0 Å². The first-order chi connectivity index (χ1) is 5.70. The number of carboxylic acids is 1. The van der Waals surface area contributed by atoms with Crippen LogP contribution in [0, 0.1) is 6.92 Å². The van der Waals surface area contributed by atoms with Crippen LogP contribution in [-0.2, 0) is 4.79 Å². The van der Waals surface area contributed by atoms with Gasteiger partial charge in [-0.15, -0.1) is 0 Å². The van der Waals surface area contributed by atoms with Crippen LogP contribution >= 0.6 is 0 Å². The Labute approximate surface area is 77.8 Å². The number of rotatable bonds is 3. The molecule has 0 atom stereocenters. The van der Waals surface area contributed by atoms with E-state index >= 15 is 0 Å². The third-order valence-corrected chi connectivity index (χ3v) is 3.88. The summed E-state index contributed by atoms with van der Waals surface area (Å²) in [5, 5.41) is 8.76. The number of hydrogen-bond donors (Lipinski definition) is 1. The third-order valence-electron chi connectivity index (χ3n) is 1.44. The maximum absolute atomic E-state index is 10.3. The van der Waals surface area contributed by atoms with Crippen molar-refractivity contribution in [3.05, 3.63) is 29.8 Å². The maximum atomic E-state index is 10.3. The number of carboxylic acid groups (broad SMARTS) is 1. The van der Waals surface area contributed by atoms with Crippen LogP contribution in [0.5, 0.6) is 0 Å². The van der Waals surface area contributed by atoms with Crippen LogP contribution in [-0.4, -0.2) is 26.0 Å². The van der Waals surface area contributed by atoms with Crippen LogP contribution in [0.4, 0.5) is 0 Å². The van der Waals surface area contributed by atoms with Crippen molar-refractivity contribution in [2.75, 3.05) is 0 Å². The second kappa shape index (κ2) is 4.29. The van der Waals surface area contributed by atoms with Gasteiger partial charge in [0.25, 0.3) is 0 Å². The Kier molecular flexibility index (Phi) is 3.32. The van der Waals surface area contributed by atoms with E-state index in [2.05, 4.69) is 0 Å². The summed E-state index contributed by atoms with van der Waals surface area (Å²) in [5.74, 6) is -0.710. The van der Waals surface area contributed by atoms with Gasteiger partial charge in [-0.25, -0.2) is 0 Å². The Morgan fingerprint density at radius 3 is 2.75 bits per heavy atom. The molecule has 0 bridgehead atoms. The normalized spacial score (nSPS) is 9.75. The topological polar surface area (TPSA) is 37.3 Å². The second-order valence-electron chi connectivity index (χ2n) is 2.45. The quantitative estimate of drug-likeness (QED) is 0.779. The molecule has 0 heterocycles. The first-order valence-electron chi connectivity index (χ1n) is 3.60. The van der Waals surface area contributed by atoms with Gasteiger partial charge in [0.1, 0.15) is 0 Å². The molecule has 1 aromatic rings. The molecule has 0 unspecified atom stereocenters. The van der Waals surface area contributed by atoms with Gasteiger partial charge in [0, 0.05) is 0 Å². The summed E-state index contributed by atoms with van der Waals surface area (Å²) in [4.78, 5) is 10.3. The molecule has 0 spiro atoms. The van der Waals surface area contributed by atoms with Crippen molar-refractivity contribution in [3.8, 4) is 0 Å². The first kappa shape index (κ1) is 9.30. The Morgan fingerprint density at radius 1 is 1.50 bits per heavy atom. The zero-order valence-corrected chi connectivity index (χ0v) is 8.49. The van der Waals surface area contributed by atoms with Gasteiger partial charge in [-0.1, -0.05) is 0 Å². The first-order valence-corrected chi connectivity index (χ1v) is 5.67. The molecule has 0 aliphatic carbocycles. The molecule has 64 valence electrons. The van der Waals surface area contributed by atoms with E-state index in [9.17, 15) is 4.79 Å². The monoisotopic (exact) mass is 230 g/mol. The van der Waals surface area contributed by atoms with Crippen molar-refractivity contribution in [2.24, 2.45) is 0 Å². The molecule has 0 aliphatic rings.